The Balaban J connectivity index is 2.16. The third-order valence-electron chi connectivity index (χ3n) is 2.41. The molecule has 104 valence electrons. The third-order valence-corrected chi connectivity index (χ3v) is 2.41. The van der Waals surface area contributed by atoms with Gasteiger partial charge in [-0.15, -0.1) is 0 Å². The average molecular weight is 274 g/mol. The van der Waals surface area contributed by atoms with Gasteiger partial charge in [0.05, 0.1) is 19.5 Å². The zero-order chi connectivity index (χ0) is 14.5. The van der Waals surface area contributed by atoms with Crippen molar-refractivity contribution in [2.45, 2.75) is 6.92 Å². The molecule has 2 aromatic heterocycles. The average Bonchev–Trinajstić information content (AvgIpc) is 2.46. The second-order valence-corrected chi connectivity index (χ2v) is 3.87. The molecule has 8 heteroatoms. The molecule has 0 atom stereocenters. The zero-order valence-electron chi connectivity index (χ0n) is 11.3. The van der Waals surface area contributed by atoms with E-state index in [-0.39, 0.29) is 11.6 Å². The van der Waals surface area contributed by atoms with Crippen LogP contribution in [0.1, 0.15) is 16.2 Å². The Morgan fingerprint density at radius 3 is 2.65 bits per heavy atom. The monoisotopic (exact) mass is 274 g/mol. The second kappa shape index (κ2) is 5.91. The van der Waals surface area contributed by atoms with Crippen molar-refractivity contribution in [3.63, 3.8) is 0 Å². The highest BCUT2D eigenvalue weighted by Crippen LogP contribution is 2.12. The number of nitrogens with one attached hydrogen (secondary N) is 2. The van der Waals surface area contributed by atoms with Crippen molar-refractivity contribution >= 4 is 17.7 Å². The Kier molecular flexibility index (Phi) is 4.04. The highest BCUT2D eigenvalue weighted by atomic mass is 16.5. The summed E-state index contributed by atoms with van der Waals surface area (Å²) in [6.07, 6.45) is 2.83. The van der Waals surface area contributed by atoms with Crippen molar-refractivity contribution in [3.05, 3.63) is 29.8 Å². The van der Waals surface area contributed by atoms with Crippen LogP contribution in [0.4, 0.5) is 11.8 Å². The maximum Gasteiger partial charge on any atom is 0.278 e. The topological polar surface area (TPSA) is 102 Å². The van der Waals surface area contributed by atoms with Crippen LogP contribution in [-0.2, 0) is 0 Å². The largest absolute Gasteiger partial charge is 0.481 e. The predicted octanol–water partition coefficient (Wildman–Crippen LogP) is 0.878. The summed E-state index contributed by atoms with van der Waals surface area (Å²) in [5, 5.41) is 5.37. The number of carbonyl (C=O) groups excluding carboxylic acids is 1. The lowest BCUT2D eigenvalue weighted by molar-refractivity contribution is 0.102. The summed E-state index contributed by atoms with van der Waals surface area (Å²) in [7, 11) is 3.21. The number of methoxy groups -OCH3 is 1. The number of amides is 1. The van der Waals surface area contributed by atoms with E-state index in [0.717, 1.165) is 0 Å². The quantitative estimate of drug-likeness (QED) is 0.853. The molecule has 2 heterocycles. The fourth-order valence-corrected chi connectivity index (χ4v) is 1.44. The van der Waals surface area contributed by atoms with Crippen molar-refractivity contribution < 1.29 is 9.53 Å². The van der Waals surface area contributed by atoms with Gasteiger partial charge in [-0.3, -0.25) is 10.1 Å². The van der Waals surface area contributed by atoms with Crippen LogP contribution in [0, 0.1) is 6.92 Å². The number of hydrogen-bond acceptors (Lipinski definition) is 7. The van der Waals surface area contributed by atoms with E-state index in [9.17, 15) is 4.79 Å². The van der Waals surface area contributed by atoms with Crippen molar-refractivity contribution in [3.8, 4) is 5.88 Å². The van der Waals surface area contributed by atoms with E-state index < -0.39 is 5.91 Å². The molecule has 2 N–H and O–H groups in total. The van der Waals surface area contributed by atoms with Crippen LogP contribution in [0.25, 0.3) is 0 Å². The van der Waals surface area contributed by atoms with Gasteiger partial charge in [-0.2, -0.15) is 4.98 Å². The number of carbonyl (C=O) groups is 1. The summed E-state index contributed by atoms with van der Waals surface area (Å²) in [6, 6.07) is 1.66. The van der Waals surface area contributed by atoms with Crippen LogP contribution in [0.3, 0.4) is 0 Å². The van der Waals surface area contributed by atoms with Crippen LogP contribution >= 0.6 is 0 Å². The first-order chi connectivity index (χ1) is 9.62. The van der Waals surface area contributed by atoms with Crippen LogP contribution in [0.5, 0.6) is 5.88 Å². The Morgan fingerprint density at radius 1 is 1.25 bits per heavy atom. The van der Waals surface area contributed by atoms with Gasteiger partial charge in [-0.1, -0.05) is 0 Å². The Labute approximate surface area is 115 Å². The molecule has 0 spiro atoms. The lowest BCUT2D eigenvalue weighted by Crippen LogP contribution is -2.16. The highest BCUT2D eigenvalue weighted by molar-refractivity contribution is 6.01. The standard InChI is InChI=1S/C12H14N6O2/c1-7-4-10(20-3)17-12(16-7)18-11(19)8-5-15-9(13-2)6-14-8/h4-6H,1-3H3,(H,13,15)(H,16,17,18,19). The first-order valence-corrected chi connectivity index (χ1v) is 5.83. The van der Waals surface area contributed by atoms with Gasteiger partial charge in [0.2, 0.25) is 11.8 Å². The summed E-state index contributed by atoms with van der Waals surface area (Å²) in [6.45, 7) is 1.78. The number of aromatic nitrogens is 4. The van der Waals surface area contributed by atoms with Gasteiger partial charge in [0.1, 0.15) is 11.5 Å². The normalized spacial score (nSPS) is 9.95. The molecule has 0 radical (unpaired) electrons. The van der Waals surface area contributed by atoms with Gasteiger partial charge in [-0.05, 0) is 6.92 Å². The highest BCUT2D eigenvalue weighted by Gasteiger charge is 2.11. The van der Waals surface area contributed by atoms with Crippen LogP contribution in [0.15, 0.2) is 18.5 Å². The molecular formula is C12H14N6O2. The van der Waals surface area contributed by atoms with E-state index in [4.69, 9.17) is 4.74 Å². The third kappa shape index (κ3) is 3.16. The summed E-state index contributed by atoms with van der Waals surface area (Å²) in [4.78, 5) is 28.1. The van der Waals surface area contributed by atoms with Crippen LogP contribution in [-0.4, -0.2) is 40.0 Å². The Bertz CT molecular complexity index is 614. The maximum absolute atomic E-state index is 12.0. The van der Waals surface area contributed by atoms with Gasteiger partial charge in [0, 0.05) is 18.8 Å². The molecule has 8 nitrogen and oxygen atoms in total. The van der Waals surface area contributed by atoms with Crippen LogP contribution < -0.4 is 15.4 Å². The SMILES string of the molecule is CNc1cnc(C(=O)Nc2nc(C)cc(OC)n2)cn1. The fourth-order valence-electron chi connectivity index (χ4n) is 1.44. The molecule has 0 bridgehead atoms. The molecule has 0 aromatic carbocycles. The Hall–Kier alpha value is -2.77. The van der Waals surface area contributed by atoms with Gasteiger partial charge in [-0.25, -0.2) is 15.0 Å². The maximum atomic E-state index is 12.0. The fraction of sp³-hybridized carbons (Fsp3) is 0.250. The lowest BCUT2D eigenvalue weighted by Gasteiger charge is -2.06. The molecule has 0 saturated heterocycles. The van der Waals surface area contributed by atoms with E-state index >= 15 is 0 Å². The molecule has 1 amide bonds. The number of ether oxygens (including phenoxy) is 1. The zero-order valence-corrected chi connectivity index (χ0v) is 11.3. The summed E-state index contributed by atoms with van der Waals surface area (Å²) >= 11 is 0. The second-order valence-electron chi connectivity index (χ2n) is 3.87. The minimum atomic E-state index is -0.437. The molecule has 2 aromatic rings. The number of nitrogens with zero attached hydrogens (tertiary/aromatic N) is 4. The number of aryl methyl sites for hydroxylation is 1. The van der Waals surface area contributed by atoms with Crippen molar-refractivity contribution in [2.24, 2.45) is 0 Å². The van der Waals surface area contributed by atoms with E-state index in [2.05, 4.69) is 30.6 Å². The molecule has 0 aliphatic heterocycles. The number of anilines is 2. The van der Waals surface area contributed by atoms with Crippen molar-refractivity contribution in [1.29, 1.82) is 0 Å². The minimum Gasteiger partial charge on any atom is -0.481 e. The molecule has 0 aliphatic rings. The van der Waals surface area contributed by atoms with E-state index in [0.29, 0.717) is 17.4 Å². The van der Waals surface area contributed by atoms with E-state index in [1.807, 2.05) is 0 Å². The summed E-state index contributed by atoms with van der Waals surface area (Å²) in [5.74, 6) is 0.679. The molecule has 0 aliphatic carbocycles. The summed E-state index contributed by atoms with van der Waals surface area (Å²) < 4.78 is 5.01. The van der Waals surface area contributed by atoms with Crippen molar-refractivity contribution in [1.82, 2.24) is 19.9 Å². The predicted molar refractivity (Wildman–Crippen MR) is 72.9 cm³/mol. The molecular weight excluding hydrogens is 260 g/mol. The van der Waals surface area contributed by atoms with Gasteiger partial charge >= 0.3 is 0 Å². The molecule has 0 unspecified atom stereocenters. The Morgan fingerprint density at radius 2 is 2.05 bits per heavy atom. The molecule has 0 fully saturated rings. The first kappa shape index (κ1) is 13.7. The molecule has 20 heavy (non-hydrogen) atoms. The van der Waals surface area contributed by atoms with E-state index in [1.165, 1.54) is 19.5 Å². The summed E-state index contributed by atoms with van der Waals surface area (Å²) in [5.41, 5.74) is 0.858. The van der Waals surface area contributed by atoms with Crippen LogP contribution in [0.2, 0.25) is 0 Å². The van der Waals surface area contributed by atoms with Gasteiger partial charge in [0.15, 0.2) is 0 Å². The van der Waals surface area contributed by atoms with Gasteiger partial charge < -0.3 is 10.1 Å². The van der Waals surface area contributed by atoms with E-state index in [1.54, 1.807) is 20.0 Å². The smallest absolute Gasteiger partial charge is 0.278 e. The lowest BCUT2D eigenvalue weighted by atomic mass is 10.4. The number of rotatable bonds is 4. The minimum absolute atomic E-state index is 0.159. The van der Waals surface area contributed by atoms with Crippen molar-refractivity contribution in [2.75, 3.05) is 24.8 Å². The first-order valence-electron chi connectivity index (χ1n) is 5.83. The molecule has 2 rings (SSSR count). The number of hydrogen-bond donors (Lipinski definition) is 2. The van der Waals surface area contributed by atoms with Gasteiger partial charge in [0.25, 0.3) is 5.91 Å². The molecule has 0 saturated carbocycles.